The molecule has 1 aromatic carbocycles. The summed E-state index contributed by atoms with van der Waals surface area (Å²) in [6.07, 6.45) is 1.80. The van der Waals surface area contributed by atoms with E-state index in [0.29, 0.717) is 42.6 Å². The van der Waals surface area contributed by atoms with Crippen LogP contribution >= 0.6 is 0 Å². The number of ether oxygens (including phenoxy) is 1. The quantitative estimate of drug-likeness (QED) is 0.824. The zero-order chi connectivity index (χ0) is 17.9. The van der Waals surface area contributed by atoms with Crippen LogP contribution in [0.3, 0.4) is 0 Å². The SMILES string of the molecule is N#Cc1ccccc1N1CCN(Cc2noc([C@H]3CCCO3)n2)CC1=O. The number of nitriles is 1. The Balaban J connectivity index is 1.40. The fraction of sp³-hybridized carbons (Fsp3) is 0.444. The Morgan fingerprint density at radius 1 is 1.31 bits per heavy atom. The lowest BCUT2D eigenvalue weighted by atomic mass is 10.1. The number of amides is 1. The molecule has 0 saturated carbocycles. The summed E-state index contributed by atoms with van der Waals surface area (Å²) in [5.74, 6) is 1.04. The lowest BCUT2D eigenvalue weighted by Gasteiger charge is -2.34. The molecule has 0 bridgehead atoms. The average Bonchev–Trinajstić information content (AvgIpc) is 3.33. The number of aromatic nitrogens is 2. The van der Waals surface area contributed by atoms with Gasteiger partial charge in [0.1, 0.15) is 12.2 Å². The number of hydrogen-bond donors (Lipinski definition) is 0. The Hall–Kier alpha value is -2.76. The van der Waals surface area contributed by atoms with Crippen molar-refractivity contribution in [3.63, 3.8) is 0 Å². The minimum Gasteiger partial charge on any atom is -0.368 e. The van der Waals surface area contributed by atoms with E-state index in [-0.39, 0.29) is 18.6 Å². The van der Waals surface area contributed by atoms with E-state index in [4.69, 9.17) is 9.26 Å². The van der Waals surface area contributed by atoms with Gasteiger partial charge in [-0.1, -0.05) is 17.3 Å². The Morgan fingerprint density at radius 2 is 2.19 bits per heavy atom. The van der Waals surface area contributed by atoms with Gasteiger partial charge in [0.15, 0.2) is 5.82 Å². The van der Waals surface area contributed by atoms with Crippen molar-refractivity contribution in [1.29, 1.82) is 5.26 Å². The first kappa shape index (κ1) is 16.7. The highest BCUT2D eigenvalue weighted by Crippen LogP contribution is 2.27. The molecule has 1 aromatic heterocycles. The molecule has 2 saturated heterocycles. The molecule has 0 N–H and O–H groups in total. The van der Waals surface area contributed by atoms with Gasteiger partial charge in [-0.05, 0) is 25.0 Å². The molecule has 1 amide bonds. The molecule has 2 aliphatic rings. The van der Waals surface area contributed by atoms with Crippen LogP contribution in [0, 0.1) is 11.3 Å². The predicted octanol–water partition coefficient (Wildman–Crippen LogP) is 1.64. The first-order valence-electron chi connectivity index (χ1n) is 8.70. The van der Waals surface area contributed by atoms with Gasteiger partial charge in [-0.2, -0.15) is 10.2 Å². The normalized spacial score (nSPS) is 21.1. The summed E-state index contributed by atoms with van der Waals surface area (Å²) in [4.78, 5) is 20.6. The summed E-state index contributed by atoms with van der Waals surface area (Å²) in [5, 5.41) is 13.2. The molecule has 0 aliphatic carbocycles. The topological polar surface area (TPSA) is 95.5 Å². The summed E-state index contributed by atoms with van der Waals surface area (Å²) in [6.45, 7) is 2.63. The third-order valence-corrected chi connectivity index (χ3v) is 4.67. The van der Waals surface area contributed by atoms with E-state index in [1.807, 2.05) is 11.0 Å². The third-order valence-electron chi connectivity index (χ3n) is 4.67. The van der Waals surface area contributed by atoms with Crippen LogP contribution in [-0.2, 0) is 16.1 Å². The number of rotatable bonds is 4. The highest BCUT2D eigenvalue weighted by Gasteiger charge is 2.28. The largest absolute Gasteiger partial charge is 0.368 e. The summed E-state index contributed by atoms with van der Waals surface area (Å²) < 4.78 is 10.8. The number of hydrogen-bond acceptors (Lipinski definition) is 7. The van der Waals surface area contributed by atoms with E-state index in [2.05, 4.69) is 16.2 Å². The van der Waals surface area contributed by atoms with E-state index in [0.717, 1.165) is 19.4 Å². The Kier molecular flexibility index (Phi) is 4.65. The molecule has 4 rings (SSSR count). The summed E-state index contributed by atoms with van der Waals surface area (Å²) in [6, 6.07) is 9.30. The fourth-order valence-corrected chi connectivity index (χ4v) is 3.35. The molecule has 1 atom stereocenters. The summed E-state index contributed by atoms with van der Waals surface area (Å²) >= 11 is 0. The summed E-state index contributed by atoms with van der Waals surface area (Å²) in [7, 11) is 0. The van der Waals surface area contributed by atoms with E-state index >= 15 is 0 Å². The van der Waals surface area contributed by atoms with E-state index in [1.54, 1.807) is 23.1 Å². The zero-order valence-electron chi connectivity index (χ0n) is 14.3. The fourth-order valence-electron chi connectivity index (χ4n) is 3.35. The number of carbonyl (C=O) groups is 1. The van der Waals surface area contributed by atoms with Crippen molar-refractivity contribution in [1.82, 2.24) is 15.0 Å². The minimum absolute atomic E-state index is 0.0400. The van der Waals surface area contributed by atoms with Crippen molar-refractivity contribution in [2.24, 2.45) is 0 Å². The number of carbonyl (C=O) groups excluding carboxylic acids is 1. The van der Waals surface area contributed by atoms with Crippen LogP contribution in [0.4, 0.5) is 5.69 Å². The van der Waals surface area contributed by atoms with Gasteiger partial charge in [-0.15, -0.1) is 0 Å². The maximum Gasteiger partial charge on any atom is 0.255 e. The van der Waals surface area contributed by atoms with Crippen LogP contribution < -0.4 is 4.90 Å². The van der Waals surface area contributed by atoms with Gasteiger partial charge in [-0.25, -0.2) is 0 Å². The number of para-hydroxylation sites is 1. The van der Waals surface area contributed by atoms with Gasteiger partial charge >= 0.3 is 0 Å². The van der Waals surface area contributed by atoms with Gasteiger partial charge in [0.2, 0.25) is 5.91 Å². The molecule has 134 valence electrons. The third kappa shape index (κ3) is 3.31. The van der Waals surface area contributed by atoms with Crippen molar-refractivity contribution in [3.8, 4) is 6.07 Å². The zero-order valence-corrected chi connectivity index (χ0v) is 14.3. The second kappa shape index (κ2) is 7.23. The van der Waals surface area contributed by atoms with Gasteiger partial charge in [0, 0.05) is 19.7 Å². The first-order chi connectivity index (χ1) is 12.7. The lowest BCUT2D eigenvalue weighted by Crippen LogP contribution is -2.50. The molecule has 2 aromatic rings. The van der Waals surface area contributed by atoms with Crippen LogP contribution in [0.15, 0.2) is 28.8 Å². The van der Waals surface area contributed by atoms with Crippen molar-refractivity contribution < 1.29 is 14.1 Å². The standard InChI is InChI=1S/C18H19N5O3/c19-10-13-4-1-2-5-14(13)23-8-7-22(12-17(23)24)11-16-20-18(26-21-16)15-6-3-9-25-15/h1-2,4-5,15H,3,6-9,11-12H2/t15-/m1/s1. The highest BCUT2D eigenvalue weighted by atomic mass is 16.5. The first-order valence-corrected chi connectivity index (χ1v) is 8.70. The second-order valence-electron chi connectivity index (χ2n) is 6.44. The van der Waals surface area contributed by atoms with Crippen LogP contribution in [0.25, 0.3) is 0 Å². The van der Waals surface area contributed by atoms with E-state index in [1.165, 1.54) is 0 Å². The molecule has 0 unspecified atom stereocenters. The van der Waals surface area contributed by atoms with Crippen molar-refractivity contribution in [2.45, 2.75) is 25.5 Å². The molecule has 0 spiro atoms. The monoisotopic (exact) mass is 353 g/mol. The van der Waals surface area contributed by atoms with Crippen LogP contribution in [0.5, 0.6) is 0 Å². The highest BCUT2D eigenvalue weighted by molar-refractivity contribution is 5.96. The second-order valence-corrected chi connectivity index (χ2v) is 6.44. The number of nitrogens with zero attached hydrogens (tertiary/aromatic N) is 5. The Morgan fingerprint density at radius 3 is 2.96 bits per heavy atom. The molecule has 8 nitrogen and oxygen atoms in total. The van der Waals surface area contributed by atoms with Crippen LogP contribution in [0.1, 0.15) is 36.2 Å². The van der Waals surface area contributed by atoms with Crippen molar-refractivity contribution in [3.05, 3.63) is 41.5 Å². The van der Waals surface area contributed by atoms with E-state index < -0.39 is 0 Å². The van der Waals surface area contributed by atoms with Crippen molar-refractivity contribution in [2.75, 3.05) is 31.1 Å². The predicted molar refractivity (Wildman–Crippen MR) is 91.0 cm³/mol. The van der Waals surface area contributed by atoms with Gasteiger partial charge in [0.05, 0.1) is 24.3 Å². The molecule has 2 aliphatic heterocycles. The average molecular weight is 353 g/mol. The minimum atomic E-state index is -0.0998. The number of benzene rings is 1. The van der Waals surface area contributed by atoms with Gasteiger partial charge in [-0.3, -0.25) is 9.69 Å². The number of anilines is 1. The van der Waals surface area contributed by atoms with E-state index in [9.17, 15) is 10.1 Å². The van der Waals surface area contributed by atoms with Crippen LogP contribution in [-0.4, -0.2) is 47.2 Å². The maximum atomic E-state index is 12.6. The Bertz CT molecular complexity index is 837. The molecular formula is C18H19N5O3. The van der Waals surface area contributed by atoms with Crippen molar-refractivity contribution >= 4 is 11.6 Å². The lowest BCUT2D eigenvalue weighted by molar-refractivity contribution is -0.121. The van der Waals surface area contributed by atoms with Gasteiger partial charge < -0.3 is 14.2 Å². The molecule has 2 fully saturated rings. The Labute approximate surface area is 150 Å². The maximum absolute atomic E-state index is 12.6. The summed E-state index contributed by atoms with van der Waals surface area (Å²) in [5.41, 5.74) is 1.17. The smallest absolute Gasteiger partial charge is 0.255 e. The number of piperazine rings is 1. The molecule has 26 heavy (non-hydrogen) atoms. The molecule has 0 radical (unpaired) electrons. The van der Waals surface area contributed by atoms with Gasteiger partial charge in [0.25, 0.3) is 5.89 Å². The molecule has 8 heteroatoms. The molecular weight excluding hydrogens is 334 g/mol. The van der Waals surface area contributed by atoms with Crippen LogP contribution in [0.2, 0.25) is 0 Å². The molecule has 3 heterocycles.